The predicted molar refractivity (Wildman–Crippen MR) is 124 cm³/mol. The highest BCUT2D eigenvalue weighted by atomic mass is 127. The monoisotopic (exact) mass is 507 g/mol. The average molecular weight is 507 g/mol. The summed E-state index contributed by atoms with van der Waals surface area (Å²) in [6.45, 7) is 6.71. The van der Waals surface area contributed by atoms with Crippen LogP contribution in [-0.2, 0) is 9.59 Å². The van der Waals surface area contributed by atoms with Crippen molar-refractivity contribution in [3.05, 3.63) is 0 Å². The van der Waals surface area contributed by atoms with Crippen LogP contribution in [0.5, 0.6) is 0 Å². The predicted octanol–water partition coefficient (Wildman–Crippen LogP) is 2.06. The van der Waals surface area contributed by atoms with Crippen molar-refractivity contribution < 1.29 is 9.59 Å². The topological polar surface area (TPSA) is 77.0 Å². The Labute approximate surface area is 187 Å². The molecule has 0 radical (unpaired) electrons. The second-order valence-corrected chi connectivity index (χ2v) is 8.48. The number of halogens is 1. The van der Waals surface area contributed by atoms with Gasteiger partial charge in [-0.3, -0.25) is 9.59 Å². The number of likely N-dealkylation sites (tertiary alicyclic amines) is 1. The maximum Gasteiger partial charge on any atom is 0.243 e. The zero-order valence-corrected chi connectivity index (χ0v) is 20.2. The molecule has 2 N–H and O–H groups in total. The van der Waals surface area contributed by atoms with Crippen molar-refractivity contribution in [2.75, 3.05) is 40.3 Å². The second kappa shape index (κ2) is 12.5. The summed E-state index contributed by atoms with van der Waals surface area (Å²) in [7, 11) is 3.47. The lowest BCUT2D eigenvalue weighted by molar-refractivity contribution is -0.135. The van der Waals surface area contributed by atoms with Crippen molar-refractivity contribution in [2.45, 2.75) is 58.4 Å². The molecule has 0 spiro atoms. The van der Waals surface area contributed by atoms with Gasteiger partial charge in [-0.1, -0.05) is 33.1 Å². The van der Waals surface area contributed by atoms with Gasteiger partial charge in [0.1, 0.15) is 6.54 Å². The lowest BCUT2D eigenvalue weighted by atomic mass is 9.88. The highest BCUT2D eigenvalue weighted by molar-refractivity contribution is 14.0. The summed E-state index contributed by atoms with van der Waals surface area (Å²) in [6.07, 6.45) is 6.64. The van der Waals surface area contributed by atoms with Gasteiger partial charge in [-0.15, -0.1) is 24.0 Å². The van der Waals surface area contributed by atoms with Crippen molar-refractivity contribution in [1.82, 2.24) is 20.4 Å². The van der Waals surface area contributed by atoms with Crippen LogP contribution in [0.15, 0.2) is 4.99 Å². The highest BCUT2D eigenvalue weighted by Crippen LogP contribution is 2.26. The minimum atomic E-state index is -0.0267. The molecule has 1 aliphatic heterocycles. The van der Waals surface area contributed by atoms with E-state index in [4.69, 9.17) is 0 Å². The number of aliphatic imine (C=N–C) groups is 1. The number of nitrogens with one attached hydrogen (secondary N) is 2. The molecule has 2 rings (SSSR count). The van der Waals surface area contributed by atoms with E-state index in [9.17, 15) is 9.59 Å². The Morgan fingerprint density at radius 1 is 1.14 bits per heavy atom. The van der Waals surface area contributed by atoms with E-state index < -0.39 is 0 Å². The Hall–Kier alpha value is -1.06. The van der Waals surface area contributed by atoms with Gasteiger partial charge in [0.25, 0.3) is 0 Å². The fourth-order valence-electron chi connectivity index (χ4n) is 3.62. The van der Waals surface area contributed by atoms with Crippen molar-refractivity contribution in [3.8, 4) is 0 Å². The quantitative estimate of drug-likeness (QED) is 0.328. The van der Waals surface area contributed by atoms with Gasteiger partial charge in [0, 0.05) is 45.7 Å². The molecule has 0 aromatic carbocycles. The molecule has 1 unspecified atom stereocenters. The van der Waals surface area contributed by atoms with Crippen LogP contribution in [0.3, 0.4) is 0 Å². The molecule has 162 valence electrons. The van der Waals surface area contributed by atoms with Crippen molar-refractivity contribution in [3.63, 3.8) is 0 Å². The van der Waals surface area contributed by atoms with Crippen molar-refractivity contribution in [1.29, 1.82) is 0 Å². The third-order valence-corrected chi connectivity index (χ3v) is 5.34. The van der Waals surface area contributed by atoms with Gasteiger partial charge in [-0.05, 0) is 25.2 Å². The highest BCUT2D eigenvalue weighted by Gasteiger charge is 2.31. The Balaban J connectivity index is 0.00000392. The summed E-state index contributed by atoms with van der Waals surface area (Å²) in [5, 5.41) is 6.74. The zero-order valence-electron chi connectivity index (χ0n) is 17.9. The minimum absolute atomic E-state index is 0. The number of carbonyl (C=O) groups excluding carboxylic acids is 2. The molecule has 0 aromatic heterocycles. The first-order valence-electron chi connectivity index (χ1n) is 10.4. The largest absolute Gasteiger partial charge is 0.356 e. The molecule has 1 aliphatic carbocycles. The molecule has 28 heavy (non-hydrogen) atoms. The molecule has 0 aromatic rings. The second-order valence-electron chi connectivity index (χ2n) is 8.48. The van der Waals surface area contributed by atoms with Crippen LogP contribution >= 0.6 is 24.0 Å². The molecule has 2 amide bonds. The standard InChI is InChI=1S/C20H37N5O2.HI/c1-15(2)12-21-20(22-13-18(26)24(3)4)23-17-10-11-25(14-17)19(27)16-8-6-5-7-9-16;/h15-17H,5-14H2,1-4H3,(H2,21,22,23);1H. The average Bonchev–Trinajstić information content (AvgIpc) is 3.12. The van der Waals surface area contributed by atoms with Gasteiger partial charge in [0.05, 0.1) is 0 Å². The molecule has 1 atom stereocenters. The van der Waals surface area contributed by atoms with E-state index in [1.54, 1.807) is 19.0 Å². The molecule has 1 heterocycles. The third kappa shape index (κ3) is 8.13. The fraction of sp³-hybridized carbons (Fsp3) is 0.850. The lowest BCUT2D eigenvalue weighted by Gasteiger charge is -2.26. The van der Waals surface area contributed by atoms with E-state index in [2.05, 4.69) is 29.5 Å². The molecular weight excluding hydrogens is 469 g/mol. The van der Waals surface area contributed by atoms with Crippen LogP contribution in [0, 0.1) is 11.8 Å². The fourth-order valence-corrected chi connectivity index (χ4v) is 3.62. The molecule has 2 aliphatic rings. The van der Waals surface area contributed by atoms with Crippen molar-refractivity contribution >= 4 is 41.8 Å². The van der Waals surface area contributed by atoms with Crippen LogP contribution in [-0.4, -0.2) is 73.9 Å². The Morgan fingerprint density at radius 3 is 2.43 bits per heavy atom. The Bertz CT molecular complexity index is 533. The number of rotatable bonds is 6. The summed E-state index contributed by atoms with van der Waals surface area (Å²) in [5.41, 5.74) is 0. The van der Waals surface area contributed by atoms with Gasteiger partial charge in [-0.25, -0.2) is 4.99 Å². The molecule has 1 saturated heterocycles. The maximum absolute atomic E-state index is 12.7. The normalized spacial score (nSPS) is 20.7. The Morgan fingerprint density at radius 2 is 1.82 bits per heavy atom. The summed E-state index contributed by atoms with van der Waals surface area (Å²) in [5.74, 6) is 1.67. The van der Waals surface area contributed by atoms with Crippen molar-refractivity contribution in [2.24, 2.45) is 16.8 Å². The van der Waals surface area contributed by atoms with Crippen LogP contribution in [0.25, 0.3) is 0 Å². The van der Waals surface area contributed by atoms with Crippen LogP contribution in [0.2, 0.25) is 0 Å². The van der Waals surface area contributed by atoms with Gasteiger partial charge >= 0.3 is 0 Å². The molecule has 0 bridgehead atoms. The molecule has 8 heteroatoms. The molecule has 2 fully saturated rings. The minimum Gasteiger partial charge on any atom is -0.356 e. The number of hydrogen-bond donors (Lipinski definition) is 2. The summed E-state index contributed by atoms with van der Waals surface area (Å²) < 4.78 is 0. The molecular formula is C20H38IN5O2. The number of likely N-dealkylation sites (N-methyl/N-ethyl adjacent to an activating group) is 1. The zero-order chi connectivity index (χ0) is 19.8. The molecule has 7 nitrogen and oxygen atoms in total. The van der Waals surface area contributed by atoms with E-state index in [0.717, 1.165) is 38.9 Å². The number of guanidine groups is 1. The number of hydrogen-bond acceptors (Lipinski definition) is 3. The summed E-state index contributed by atoms with van der Waals surface area (Å²) >= 11 is 0. The van der Waals surface area contributed by atoms with Gasteiger partial charge in [0.2, 0.25) is 11.8 Å². The lowest BCUT2D eigenvalue weighted by Crippen LogP contribution is -2.47. The number of nitrogens with zero attached hydrogens (tertiary/aromatic N) is 3. The first kappa shape index (κ1) is 25.0. The van der Waals surface area contributed by atoms with Crippen LogP contribution in [0.4, 0.5) is 0 Å². The smallest absolute Gasteiger partial charge is 0.243 e. The number of amides is 2. The van der Waals surface area contributed by atoms with Gasteiger partial charge < -0.3 is 20.4 Å². The third-order valence-electron chi connectivity index (χ3n) is 5.34. The first-order valence-corrected chi connectivity index (χ1v) is 10.4. The van der Waals surface area contributed by atoms with Gasteiger partial charge in [-0.2, -0.15) is 0 Å². The van der Waals surface area contributed by atoms with E-state index in [0.29, 0.717) is 17.8 Å². The summed E-state index contributed by atoms with van der Waals surface area (Å²) in [6, 6.07) is 0.186. The summed E-state index contributed by atoms with van der Waals surface area (Å²) in [4.78, 5) is 32.6. The SMILES string of the molecule is CC(C)CNC(=NCC(=O)N(C)C)NC1CCN(C(=O)C2CCCCC2)C1.I. The van der Waals surface area contributed by atoms with Crippen LogP contribution < -0.4 is 10.6 Å². The Kier molecular flexibility index (Phi) is 11.1. The van der Waals surface area contributed by atoms with Gasteiger partial charge in [0.15, 0.2) is 5.96 Å². The van der Waals surface area contributed by atoms with Crippen LogP contribution in [0.1, 0.15) is 52.4 Å². The molecule has 1 saturated carbocycles. The van der Waals surface area contributed by atoms with E-state index in [-0.39, 0.29) is 48.4 Å². The first-order chi connectivity index (χ1) is 12.9. The van der Waals surface area contributed by atoms with E-state index in [1.807, 2.05) is 4.90 Å². The maximum atomic E-state index is 12.7. The van der Waals surface area contributed by atoms with E-state index >= 15 is 0 Å². The number of carbonyl (C=O) groups is 2. The van der Waals surface area contributed by atoms with E-state index in [1.165, 1.54) is 19.3 Å².